The summed E-state index contributed by atoms with van der Waals surface area (Å²) in [6.45, 7) is 2.26. The molecule has 1 fully saturated rings. The van der Waals surface area contributed by atoms with Crippen molar-refractivity contribution in [2.45, 2.75) is 49.1 Å². The number of carbonyl (C=O) groups is 1. The quantitative estimate of drug-likeness (QED) is 0.101. The number of fused-ring (bicyclic) bond motifs is 1. The molecule has 16 nitrogen and oxygen atoms in total. The third kappa shape index (κ3) is 22.2. The number of halogens is 9. The van der Waals surface area contributed by atoms with Gasteiger partial charge in [0.25, 0.3) is 7.11 Å². The molecule has 0 bridgehead atoms. The Balaban J connectivity index is -0.0000000650. The maximum Gasteiger partial charge on any atom is 2.00 e. The van der Waals surface area contributed by atoms with Crippen LogP contribution in [-0.4, -0.2) is 74.1 Å². The maximum absolute atomic E-state index is 11.4. The van der Waals surface area contributed by atoms with Gasteiger partial charge in [-0.3, -0.25) is 9.22 Å². The fourth-order valence-electron chi connectivity index (χ4n) is 2.49. The topological polar surface area (TPSA) is 375 Å². The third-order valence-corrected chi connectivity index (χ3v) is 6.26. The second kappa shape index (κ2) is 21.4. The monoisotopic (exact) mass is 917 g/mol. The summed E-state index contributed by atoms with van der Waals surface area (Å²) in [6.07, 6.45) is 7.71. The Morgan fingerprint density at radius 2 is 1.00 bits per heavy atom. The largest absolute Gasteiger partial charge is 2.00 e. The van der Waals surface area contributed by atoms with Crippen molar-refractivity contribution >= 4 is 41.9 Å². The molecule has 0 radical (unpaired) electrons. The summed E-state index contributed by atoms with van der Waals surface area (Å²) < 4.78 is 182. The minimum Gasteiger partial charge on any atom is -0.741 e. The van der Waals surface area contributed by atoms with Crippen LogP contribution in [-0.2, 0) is 59.4 Å². The van der Waals surface area contributed by atoms with Gasteiger partial charge in [-0.05, 0) is 17.8 Å². The molecule has 0 amide bonds. The second-order valence-corrected chi connectivity index (χ2v) is 11.5. The smallest absolute Gasteiger partial charge is 0.741 e. The molecule has 2 atom stereocenters. The Labute approximate surface area is 259 Å². The van der Waals surface area contributed by atoms with Gasteiger partial charge in [-0.25, -0.2) is 25.3 Å². The molecule has 272 valence electrons. The zero-order chi connectivity index (χ0) is 31.2. The van der Waals surface area contributed by atoms with Gasteiger partial charge in [-0.1, -0.05) is 13.0 Å². The molecular formula is C15H32F9N5O11OsS3. The van der Waals surface area contributed by atoms with Gasteiger partial charge < -0.3 is 44.4 Å². The first kappa shape index (κ1) is 61.6. The zero-order valence-electron chi connectivity index (χ0n) is 22.6. The number of carbonyl (C=O) groups excluding carboxylic acids is 2. The number of alkyl halides is 9. The molecule has 0 heterocycles. The van der Waals surface area contributed by atoms with Crippen LogP contribution < -0.4 is 30.8 Å². The van der Waals surface area contributed by atoms with E-state index in [9.17, 15) is 44.3 Å². The van der Waals surface area contributed by atoms with Crippen LogP contribution in [0.4, 0.5) is 39.5 Å². The SMILES string of the molecule is C[O+]=C1C=C[C@@]2(C)CCC(=O)C[C@H]2C1.N.N.N.N.N.O=S(=O)([O-])C(F)(F)F.O=S(=O)([O-])C(F)(F)F.O=S(=O)([O-])C(F)(F)F.[Os+2]. The number of ketones is 2. The maximum atomic E-state index is 11.4. The minimum atomic E-state index is -6.09. The van der Waals surface area contributed by atoms with Crippen LogP contribution in [0.5, 0.6) is 0 Å². The van der Waals surface area contributed by atoms with E-state index in [4.69, 9.17) is 43.3 Å². The molecule has 0 spiro atoms. The van der Waals surface area contributed by atoms with Crippen LogP contribution in [0.3, 0.4) is 0 Å². The molecule has 44 heavy (non-hydrogen) atoms. The molecule has 2 rings (SSSR count). The number of allylic oxidation sites excluding steroid dienone is 2. The first-order chi connectivity index (χ1) is 16.4. The molecular weight excluding hydrogens is 884 g/mol. The fraction of sp³-hybridized carbons (Fsp3) is 0.733. The summed E-state index contributed by atoms with van der Waals surface area (Å²) in [6, 6.07) is 0. The molecule has 2 aliphatic carbocycles. The van der Waals surface area contributed by atoms with Crippen molar-refractivity contribution < 1.29 is 107 Å². The van der Waals surface area contributed by atoms with E-state index in [1.165, 1.54) is 0 Å². The first-order valence-corrected chi connectivity index (χ1v) is 13.3. The van der Waals surface area contributed by atoms with Gasteiger partial charge in [-0.15, -0.1) is 0 Å². The van der Waals surface area contributed by atoms with Crippen molar-refractivity contribution in [3.63, 3.8) is 0 Å². The van der Waals surface area contributed by atoms with Gasteiger partial charge in [0.05, 0.1) is 6.42 Å². The predicted octanol–water partition coefficient (Wildman–Crippen LogP) is 3.02. The number of hydrogen-bond acceptors (Lipinski definition) is 15. The van der Waals surface area contributed by atoms with Gasteiger partial charge in [0, 0.05) is 18.9 Å². The number of Topliss-reactive ketones (excluding diaryl/α,β-unsaturated/α-hetero) is 1. The van der Waals surface area contributed by atoms with Gasteiger partial charge in [0.2, 0.25) is 0 Å². The van der Waals surface area contributed by atoms with E-state index in [2.05, 4.69) is 19.1 Å². The Hall–Kier alpha value is -1.38. The molecule has 2 aliphatic rings. The third-order valence-electron chi connectivity index (χ3n) is 4.56. The van der Waals surface area contributed by atoms with E-state index in [0.717, 1.165) is 31.5 Å². The first-order valence-electron chi connectivity index (χ1n) is 9.06. The van der Waals surface area contributed by atoms with E-state index in [0.29, 0.717) is 11.7 Å². The summed E-state index contributed by atoms with van der Waals surface area (Å²) in [5, 5.41) is 0. The molecule has 0 saturated heterocycles. The number of hydrogen-bond donors (Lipinski definition) is 5. The Morgan fingerprint density at radius 1 is 0.727 bits per heavy atom. The van der Waals surface area contributed by atoms with Crippen molar-refractivity contribution in [3.8, 4) is 0 Å². The fourth-order valence-corrected chi connectivity index (χ4v) is 2.49. The van der Waals surface area contributed by atoms with Gasteiger partial charge >= 0.3 is 42.1 Å². The van der Waals surface area contributed by atoms with Crippen molar-refractivity contribution in [2.24, 2.45) is 11.3 Å². The van der Waals surface area contributed by atoms with Crippen molar-refractivity contribution in [1.29, 1.82) is 0 Å². The second-order valence-electron chi connectivity index (χ2n) is 7.35. The van der Waals surface area contributed by atoms with Crippen LogP contribution in [0.2, 0.25) is 0 Å². The molecule has 0 aromatic rings. The Kier molecular flexibility index (Phi) is 30.0. The Morgan fingerprint density at radius 3 is 1.23 bits per heavy atom. The van der Waals surface area contributed by atoms with E-state index in [-0.39, 0.29) is 56.0 Å². The van der Waals surface area contributed by atoms with Crippen LogP contribution in [0.15, 0.2) is 12.2 Å². The average molecular weight is 916 g/mol. The molecule has 0 aliphatic heterocycles. The minimum absolute atomic E-state index is 0. The van der Waals surface area contributed by atoms with Crippen LogP contribution in [0.1, 0.15) is 32.6 Å². The Bertz CT molecular complexity index is 1130. The normalized spacial score (nSPS) is 20.4. The van der Waals surface area contributed by atoms with E-state index in [1.807, 2.05) is 0 Å². The predicted molar refractivity (Wildman–Crippen MR) is 128 cm³/mol. The molecule has 15 N–H and O–H groups in total. The molecule has 1 saturated carbocycles. The molecule has 0 aromatic carbocycles. The molecule has 0 unspecified atom stereocenters. The van der Waals surface area contributed by atoms with Crippen molar-refractivity contribution in [3.05, 3.63) is 12.2 Å². The molecule has 29 heteroatoms. The van der Waals surface area contributed by atoms with E-state index >= 15 is 0 Å². The van der Waals surface area contributed by atoms with Crippen LogP contribution >= 0.6 is 0 Å². The van der Waals surface area contributed by atoms with E-state index in [1.54, 1.807) is 7.11 Å². The standard InChI is InChI=1S/C12H17O2.3CHF3O3S.5H3N.Os/c1-12-5-3-10(13)7-9(12)8-11(14-2)4-6-12;3*2-1(3,4)8(5,6)7;;;;;;/h4,6,9H,3,5,7-8H2,1-2H3;3*(H,5,6,7);5*1H3;/q+1;;;;;;;;;+2/p-3/t9-,12+;;;;;;;;;/m0........./s1. The average Bonchev–Trinajstić information content (AvgIpc) is 2.65. The van der Waals surface area contributed by atoms with Gasteiger partial charge in [-0.2, -0.15) is 39.5 Å². The summed E-state index contributed by atoms with van der Waals surface area (Å²) in [7, 11) is -16.6. The van der Waals surface area contributed by atoms with Gasteiger partial charge in [0.15, 0.2) is 30.4 Å². The molecule has 0 aromatic heterocycles. The summed E-state index contributed by atoms with van der Waals surface area (Å²) >= 11 is 0. The van der Waals surface area contributed by atoms with Gasteiger partial charge in [0.1, 0.15) is 5.78 Å². The van der Waals surface area contributed by atoms with Crippen molar-refractivity contribution in [2.75, 3.05) is 7.11 Å². The summed E-state index contributed by atoms with van der Waals surface area (Å²) in [4.78, 5) is 11.4. The van der Waals surface area contributed by atoms with Crippen LogP contribution in [0.25, 0.3) is 0 Å². The van der Waals surface area contributed by atoms with Crippen LogP contribution in [0, 0.1) is 11.3 Å². The summed E-state index contributed by atoms with van der Waals surface area (Å²) in [5.41, 5.74) is -16.7. The van der Waals surface area contributed by atoms with Crippen molar-refractivity contribution in [1.82, 2.24) is 30.8 Å². The van der Waals surface area contributed by atoms with E-state index < -0.39 is 46.9 Å². The number of rotatable bonds is 0. The zero-order valence-corrected chi connectivity index (χ0v) is 27.6. The summed E-state index contributed by atoms with van der Waals surface area (Å²) in [5.74, 6) is 1.89.